The summed E-state index contributed by atoms with van der Waals surface area (Å²) in [5.74, 6) is 0.709. The molecule has 0 aromatic heterocycles. The van der Waals surface area contributed by atoms with E-state index in [0.29, 0.717) is 5.92 Å². The van der Waals surface area contributed by atoms with E-state index in [2.05, 4.69) is 50.6 Å². The van der Waals surface area contributed by atoms with Crippen LogP contribution in [0.1, 0.15) is 31.7 Å². The molecule has 1 aromatic rings. The summed E-state index contributed by atoms with van der Waals surface area (Å²) >= 11 is 0. The number of rotatable bonds is 2. The van der Waals surface area contributed by atoms with Crippen LogP contribution >= 0.6 is 0 Å². The molecule has 64 valence electrons. The minimum absolute atomic E-state index is 0. The Kier molecular flexibility index (Phi) is 10.8. The summed E-state index contributed by atoms with van der Waals surface area (Å²) in [7, 11) is 0. The van der Waals surface area contributed by atoms with E-state index >= 15 is 0 Å². The van der Waals surface area contributed by atoms with Crippen molar-refractivity contribution in [1.29, 1.82) is 0 Å². The average Bonchev–Trinajstić information content (AvgIpc) is 2.21. The average molecular weight is 166 g/mol. The normalized spacial score (nSPS) is 10.2. The van der Waals surface area contributed by atoms with E-state index in [1.54, 1.807) is 0 Å². The summed E-state index contributed by atoms with van der Waals surface area (Å²) in [6.45, 7) is 4.48. The molecule has 0 nitrogen and oxygen atoms in total. The first kappa shape index (κ1) is 14.9. The minimum Gasteiger partial charge on any atom is -0.697 e. The molecule has 0 aliphatic rings. The maximum atomic E-state index is 5.25. The Bertz CT molecular complexity index is 213. The fourth-order valence-corrected chi connectivity index (χ4v) is 1.02. The van der Waals surface area contributed by atoms with Gasteiger partial charge in [0.2, 0.25) is 0 Å². The zero-order chi connectivity index (χ0) is 9.40. The molecule has 1 rings (SSSR count). The van der Waals surface area contributed by atoms with Gasteiger partial charge in [-0.2, -0.15) is 0 Å². The molecule has 1 unspecified atom stereocenters. The molecule has 0 saturated carbocycles. The van der Waals surface area contributed by atoms with Gasteiger partial charge in [-0.05, 0) is 17.9 Å². The molecule has 0 spiro atoms. The molecule has 0 amide bonds. The number of hydrogen-bond acceptors (Lipinski definition) is 0. The van der Waals surface area contributed by atoms with Gasteiger partial charge in [0.15, 0.2) is 0 Å². The van der Waals surface area contributed by atoms with Crippen LogP contribution in [0.4, 0.5) is 0 Å². The Balaban J connectivity index is 0. The van der Waals surface area contributed by atoms with Gasteiger partial charge in [-0.1, -0.05) is 44.2 Å². The standard InChI is InChI=1S/C10H14.C2H.Li/c1-3-9(2)10-7-5-4-6-8-10;1-2;/h4-9H,3H2,1-2H3;1H;/q;-1;+1. The SMILES string of the molecule is CCC(C)c1ccccc1.[C-]#C.[Li+]. The van der Waals surface area contributed by atoms with Crippen LogP contribution in [0.2, 0.25) is 0 Å². The van der Waals surface area contributed by atoms with Gasteiger partial charge in [0.05, 0.1) is 0 Å². The number of hydrogen-bond donors (Lipinski definition) is 0. The second-order valence-corrected chi connectivity index (χ2v) is 2.72. The van der Waals surface area contributed by atoms with E-state index in [4.69, 9.17) is 6.42 Å². The van der Waals surface area contributed by atoms with E-state index in [1.807, 2.05) is 0 Å². The molecule has 0 bridgehead atoms. The van der Waals surface area contributed by atoms with E-state index in [9.17, 15) is 0 Å². The van der Waals surface area contributed by atoms with Crippen molar-refractivity contribution in [2.24, 2.45) is 0 Å². The van der Waals surface area contributed by atoms with Crippen molar-refractivity contribution >= 4 is 0 Å². The summed E-state index contributed by atoms with van der Waals surface area (Å²) < 4.78 is 0. The van der Waals surface area contributed by atoms with Crippen molar-refractivity contribution in [3.63, 3.8) is 0 Å². The second kappa shape index (κ2) is 9.47. The zero-order valence-electron chi connectivity index (χ0n) is 8.75. The molecule has 1 heteroatoms. The van der Waals surface area contributed by atoms with Crippen LogP contribution in [-0.2, 0) is 0 Å². The monoisotopic (exact) mass is 166 g/mol. The van der Waals surface area contributed by atoms with Gasteiger partial charge in [0.1, 0.15) is 0 Å². The first-order chi connectivity index (χ1) is 5.84. The third kappa shape index (κ3) is 5.59. The second-order valence-electron chi connectivity index (χ2n) is 2.72. The molecule has 1 aromatic carbocycles. The predicted octanol–water partition coefficient (Wildman–Crippen LogP) is 0.410. The van der Waals surface area contributed by atoms with E-state index in [0.717, 1.165) is 0 Å². The van der Waals surface area contributed by atoms with Gasteiger partial charge < -0.3 is 12.8 Å². The molecular formula is C12H15Li. The number of benzene rings is 1. The number of terminal acetylenes is 1. The van der Waals surface area contributed by atoms with Crippen molar-refractivity contribution in [2.45, 2.75) is 26.2 Å². The molecular weight excluding hydrogens is 151 g/mol. The largest absolute Gasteiger partial charge is 1.00 e. The fourth-order valence-electron chi connectivity index (χ4n) is 1.02. The van der Waals surface area contributed by atoms with Crippen molar-refractivity contribution in [3.05, 3.63) is 42.3 Å². The molecule has 0 radical (unpaired) electrons. The summed E-state index contributed by atoms with van der Waals surface area (Å²) in [4.78, 5) is 0. The Morgan fingerprint density at radius 1 is 1.23 bits per heavy atom. The molecule has 0 N–H and O–H groups in total. The minimum atomic E-state index is 0. The Morgan fingerprint density at radius 2 is 1.69 bits per heavy atom. The molecule has 1 atom stereocenters. The van der Waals surface area contributed by atoms with Crippen molar-refractivity contribution < 1.29 is 18.9 Å². The molecule has 0 saturated heterocycles. The topological polar surface area (TPSA) is 0 Å². The van der Waals surface area contributed by atoms with Crippen LogP contribution in [0.3, 0.4) is 0 Å². The third-order valence-corrected chi connectivity index (χ3v) is 1.98. The van der Waals surface area contributed by atoms with Crippen molar-refractivity contribution in [1.82, 2.24) is 0 Å². The van der Waals surface area contributed by atoms with Gasteiger partial charge in [-0.15, -0.1) is 0 Å². The Hall–Kier alpha value is -0.623. The fraction of sp³-hybridized carbons (Fsp3) is 0.333. The Morgan fingerprint density at radius 3 is 2.08 bits per heavy atom. The van der Waals surface area contributed by atoms with E-state index in [1.165, 1.54) is 12.0 Å². The van der Waals surface area contributed by atoms with Crippen LogP contribution in [-0.4, -0.2) is 0 Å². The summed E-state index contributed by atoms with van der Waals surface area (Å²) in [6, 6.07) is 10.6. The van der Waals surface area contributed by atoms with Crippen molar-refractivity contribution in [2.75, 3.05) is 0 Å². The smallest absolute Gasteiger partial charge is 0.697 e. The molecule has 0 fully saturated rings. The summed E-state index contributed by atoms with van der Waals surface area (Å²) in [5, 5.41) is 0. The van der Waals surface area contributed by atoms with Gasteiger partial charge in [0, 0.05) is 0 Å². The van der Waals surface area contributed by atoms with Crippen LogP contribution in [0.15, 0.2) is 30.3 Å². The van der Waals surface area contributed by atoms with Crippen LogP contribution in [0.5, 0.6) is 0 Å². The van der Waals surface area contributed by atoms with Gasteiger partial charge in [-0.3, -0.25) is 0 Å². The molecule has 0 aliphatic heterocycles. The van der Waals surface area contributed by atoms with Crippen molar-refractivity contribution in [3.8, 4) is 6.42 Å². The maximum Gasteiger partial charge on any atom is 1.00 e. The Labute approximate surface area is 93.9 Å². The zero-order valence-corrected chi connectivity index (χ0v) is 8.75. The van der Waals surface area contributed by atoms with Crippen LogP contribution in [0.25, 0.3) is 0 Å². The summed E-state index contributed by atoms with van der Waals surface area (Å²) in [6.07, 6.45) is 10.2. The summed E-state index contributed by atoms with van der Waals surface area (Å²) in [5.41, 5.74) is 1.45. The van der Waals surface area contributed by atoms with Crippen LogP contribution in [0, 0.1) is 12.8 Å². The van der Waals surface area contributed by atoms with Gasteiger partial charge in [0.25, 0.3) is 0 Å². The van der Waals surface area contributed by atoms with E-state index < -0.39 is 0 Å². The molecule has 0 heterocycles. The third-order valence-electron chi connectivity index (χ3n) is 1.98. The van der Waals surface area contributed by atoms with Crippen LogP contribution < -0.4 is 18.9 Å². The first-order valence-electron chi connectivity index (χ1n) is 4.18. The predicted molar refractivity (Wildman–Crippen MR) is 53.3 cm³/mol. The maximum absolute atomic E-state index is 5.25. The van der Waals surface area contributed by atoms with E-state index in [-0.39, 0.29) is 18.9 Å². The molecule has 0 aliphatic carbocycles. The van der Waals surface area contributed by atoms with Gasteiger partial charge >= 0.3 is 18.9 Å². The first-order valence-corrected chi connectivity index (χ1v) is 4.18. The quantitative estimate of drug-likeness (QED) is 0.339. The molecule has 13 heavy (non-hydrogen) atoms. The van der Waals surface area contributed by atoms with Gasteiger partial charge in [-0.25, -0.2) is 0 Å².